The first-order valence-electron chi connectivity index (χ1n) is 21.0. The molecule has 0 fully saturated rings. The first-order valence-corrected chi connectivity index (χ1v) is 21.4. The monoisotopic (exact) mass is 843 g/mol. The van der Waals surface area contributed by atoms with Crippen LogP contribution >= 0.6 is 11.6 Å². The molecule has 3 aromatic carbocycles. The van der Waals surface area contributed by atoms with Gasteiger partial charge in [-0.2, -0.15) is 44.9 Å². The van der Waals surface area contributed by atoms with Gasteiger partial charge in [-0.25, -0.2) is 0 Å². The Hall–Kier alpha value is -6.62. The summed E-state index contributed by atoms with van der Waals surface area (Å²) in [4.78, 5) is 41.5. The van der Waals surface area contributed by atoms with Gasteiger partial charge in [-0.3, -0.25) is 0 Å². The van der Waals surface area contributed by atoms with Crippen LogP contribution in [-0.2, 0) is 39.3 Å². The van der Waals surface area contributed by atoms with Crippen LogP contribution in [0.3, 0.4) is 0 Å². The molecule has 4 heterocycles. The lowest BCUT2D eigenvalue weighted by atomic mass is 10.1. The van der Waals surface area contributed by atoms with Gasteiger partial charge in [0.05, 0.1) is 0 Å². The largest absolute Gasteiger partial charge is 0.354 e. The molecule has 61 heavy (non-hydrogen) atoms. The van der Waals surface area contributed by atoms with E-state index in [1.807, 2.05) is 30.3 Å². The van der Waals surface area contributed by atoms with E-state index in [0.717, 1.165) is 85.0 Å². The van der Waals surface area contributed by atoms with E-state index >= 15 is 0 Å². The number of aromatic nitrogens is 9. The predicted octanol–water partition coefficient (Wildman–Crippen LogP) is 8.09. The van der Waals surface area contributed by atoms with Gasteiger partial charge in [-0.15, -0.1) is 0 Å². The average Bonchev–Trinajstić information content (AvgIpc) is 3.28. The fourth-order valence-electron chi connectivity index (χ4n) is 6.52. The minimum atomic E-state index is 0.0888. The second kappa shape index (κ2) is 22.1. The maximum absolute atomic E-state index is 6.35. The van der Waals surface area contributed by atoms with Gasteiger partial charge in [-0.1, -0.05) is 112 Å². The highest BCUT2D eigenvalue weighted by Crippen LogP contribution is 2.18. The Morgan fingerprint density at radius 2 is 0.689 bits per heavy atom. The number of hydrogen-bond donors (Lipinski definition) is 8. The van der Waals surface area contributed by atoms with Crippen LogP contribution in [0.4, 0.5) is 47.6 Å². The van der Waals surface area contributed by atoms with Gasteiger partial charge in [0.25, 0.3) is 0 Å². The second-order valence-corrected chi connectivity index (χ2v) is 15.1. The molecular formula is C43H54ClN17. The molecule has 18 heteroatoms. The van der Waals surface area contributed by atoms with Crippen molar-refractivity contribution in [1.82, 2.24) is 44.9 Å². The smallest absolute Gasteiger partial charge is 0.229 e. The number of fused-ring (bicyclic) bond motifs is 12. The number of rotatable bonds is 10. The lowest BCUT2D eigenvalue weighted by Gasteiger charge is -2.13. The lowest BCUT2D eigenvalue weighted by Crippen LogP contribution is -2.14. The highest BCUT2D eigenvalue weighted by molar-refractivity contribution is 6.28. The molecule has 6 aromatic rings. The molecule has 1 aliphatic rings. The Balaban J connectivity index is 1.14. The maximum atomic E-state index is 6.35. The van der Waals surface area contributed by atoms with Gasteiger partial charge in [-0.05, 0) is 57.8 Å². The Morgan fingerprint density at radius 3 is 0.967 bits per heavy atom. The molecule has 8 N–H and O–H groups in total. The van der Waals surface area contributed by atoms with Gasteiger partial charge in [0.2, 0.25) is 52.9 Å². The van der Waals surface area contributed by atoms with Crippen molar-refractivity contribution in [2.75, 3.05) is 55.6 Å². The molecular weight excluding hydrogens is 790 g/mol. The summed E-state index contributed by atoms with van der Waals surface area (Å²) in [6.45, 7) is 8.90. The summed E-state index contributed by atoms with van der Waals surface area (Å²) in [7, 11) is 0. The summed E-state index contributed by atoms with van der Waals surface area (Å²) >= 11 is 6.35. The molecule has 0 radical (unpaired) electrons. The predicted molar refractivity (Wildman–Crippen MR) is 244 cm³/mol. The Bertz CT molecular complexity index is 2170. The molecule has 17 nitrogen and oxygen atoms in total. The third-order valence-corrected chi connectivity index (χ3v) is 9.85. The molecule has 0 spiro atoms. The average molecular weight is 844 g/mol. The van der Waals surface area contributed by atoms with Crippen molar-refractivity contribution in [2.45, 2.75) is 91.6 Å². The summed E-state index contributed by atoms with van der Waals surface area (Å²) in [6, 6.07) is 24.8. The highest BCUT2D eigenvalue weighted by atomic mass is 35.5. The van der Waals surface area contributed by atoms with Crippen molar-refractivity contribution >= 4 is 59.2 Å². The molecule has 0 unspecified atom stereocenters. The minimum Gasteiger partial charge on any atom is -0.354 e. The summed E-state index contributed by atoms with van der Waals surface area (Å²) in [5.74, 6) is 3.63. The first-order chi connectivity index (χ1) is 30.0. The van der Waals surface area contributed by atoms with Crippen molar-refractivity contribution < 1.29 is 0 Å². The van der Waals surface area contributed by atoms with Crippen LogP contribution in [0.1, 0.15) is 85.8 Å². The van der Waals surface area contributed by atoms with Gasteiger partial charge >= 0.3 is 0 Å². The lowest BCUT2D eigenvalue weighted by molar-refractivity contribution is 0.740. The first kappa shape index (κ1) is 42.5. The molecule has 0 aliphatic carbocycles. The fourth-order valence-corrected chi connectivity index (χ4v) is 6.68. The zero-order valence-electron chi connectivity index (χ0n) is 34.7. The third kappa shape index (κ3) is 13.7. The zero-order chi connectivity index (χ0) is 42.1. The normalized spacial score (nSPS) is 13.1. The topological polar surface area (TPSA) is 212 Å². The highest BCUT2D eigenvalue weighted by Gasteiger charge is 2.12. The standard InChI is InChI=1S/C43H54ClN17/c1-3-5-7-18-45-36-55-40-49-25-31-14-9-12-29(20-31)23-47-38-53-35(44)54-39(59-38)48-24-30-13-10-15-32(21-30)26-50-41-56-37(46-19-8-6-4-2)58-43(61-41)52-28-34-17-11-16-33(22-34)27-51-42(57-36)60-40/h9-17,20-22H,3-8,18-19,23-28H2,1-2H3,(H2,47,48,53,54,59)(H3,45,49,51,55,57,60)(H3,46,50,52,56,58,61). The van der Waals surface area contributed by atoms with Crippen LogP contribution in [0.5, 0.6) is 0 Å². The van der Waals surface area contributed by atoms with Gasteiger partial charge in [0.15, 0.2) is 0 Å². The van der Waals surface area contributed by atoms with Crippen LogP contribution in [0.2, 0.25) is 5.28 Å². The number of anilines is 8. The zero-order valence-corrected chi connectivity index (χ0v) is 35.5. The summed E-state index contributed by atoms with van der Waals surface area (Å²) in [5, 5.41) is 27.1. The maximum Gasteiger partial charge on any atom is 0.229 e. The van der Waals surface area contributed by atoms with Crippen LogP contribution in [0.25, 0.3) is 0 Å². The van der Waals surface area contributed by atoms with Gasteiger partial charge < -0.3 is 42.5 Å². The van der Waals surface area contributed by atoms with Crippen LogP contribution < -0.4 is 42.5 Å². The van der Waals surface area contributed by atoms with Crippen molar-refractivity contribution in [2.24, 2.45) is 0 Å². The number of unbranched alkanes of at least 4 members (excludes halogenated alkanes) is 4. The number of hydrogen-bond acceptors (Lipinski definition) is 17. The summed E-state index contributed by atoms with van der Waals surface area (Å²) in [5.41, 5.74) is 6.33. The molecule has 0 saturated heterocycles. The van der Waals surface area contributed by atoms with E-state index in [-0.39, 0.29) is 5.28 Å². The molecule has 3 aromatic heterocycles. The van der Waals surface area contributed by atoms with Crippen LogP contribution in [0, 0.1) is 0 Å². The minimum absolute atomic E-state index is 0.0888. The fraction of sp³-hybridized carbons (Fsp3) is 0.372. The van der Waals surface area contributed by atoms with E-state index in [1.54, 1.807) is 0 Å². The molecule has 0 saturated carbocycles. The van der Waals surface area contributed by atoms with Crippen molar-refractivity contribution in [3.8, 4) is 0 Å². The van der Waals surface area contributed by atoms with E-state index in [1.165, 1.54) is 0 Å². The van der Waals surface area contributed by atoms with Gasteiger partial charge in [0, 0.05) is 52.4 Å². The Labute approximate surface area is 361 Å². The SMILES string of the molecule is CCCCCNc1nc2nc(n1)NCc1cccc(c1)CNc1nc(NCCCCC)nc(n1)NCc1cccc(c1)CNc1nc(Cl)nc(n1)NCc1cccc(c1)CN2. The molecule has 7 rings (SSSR count). The molecule has 0 atom stereocenters. The van der Waals surface area contributed by atoms with Crippen molar-refractivity contribution in [3.05, 3.63) is 111 Å². The number of nitrogens with one attached hydrogen (secondary N) is 8. The van der Waals surface area contributed by atoms with E-state index in [4.69, 9.17) is 41.5 Å². The molecule has 12 bridgehead atoms. The van der Waals surface area contributed by atoms with Crippen LogP contribution in [-0.4, -0.2) is 57.9 Å². The quantitative estimate of drug-likeness (QED) is 0.0612. The van der Waals surface area contributed by atoms with Crippen LogP contribution in [0.15, 0.2) is 72.8 Å². The van der Waals surface area contributed by atoms with E-state index in [2.05, 4.69) is 114 Å². The van der Waals surface area contributed by atoms with Gasteiger partial charge in [0.1, 0.15) is 0 Å². The Kier molecular flexibility index (Phi) is 15.4. The molecule has 318 valence electrons. The Morgan fingerprint density at radius 1 is 0.410 bits per heavy atom. The third-order valence-electron chi connectivity index (χ3n) is 9.68. The summed E-state index contributed by atoms with van der Waals surface area (Å²) in [6.07, 6.45) is 6.56. The number of halogens is 1. The van der Waals surface area contributed by atoms with Crippen molar-refractivity contribution in [3.63, 3.8) is 0 Å². The summed E-state index contributed by atoms with van der Waals surface area (Å²) < 4.78 is 0. The molecule has 0 amide bonds. The van der Waals surface area contributed by atoms with E-state index in [0.29, 0.717) is 86.9 Å². The van der Waals surface area contributed by atoms with Crippen molar-refractivity contribution in [1.29, 1.82) is 0 Å². The number of benzene rings is 3. The number of nitrogens with zero attached hydrogens (tertiary/aromatic N) is 9. The van der Waals surface area contributed by atoms with E-state index < -0.39 is 0 Å². The second-order valence-electron chi connectivity index (χ2n) is 14.7. The van der Waals surface area contributed by atoms with E-state index in [9.17, 15) is 0 Å². The molecule has 1 aliphatic heterocycles.